The van der Waals surface area contributed by atoms with E-state index >= 15 is 0 Å². The molecule has 1 fully saturated rings. The van der Waals surface area contributed by atoms with Crippen LogP contribution in [0.15, 0.2) is 16.6 Å². The summed E-state index contributed by atoms with van der Waals surface area (Å²) in [4.78, 5) is 2.35. The Bertz CT molecular complexity index is 507. The van der Waals surface area contributed by atoms with Crippen molar-refractivity contribution in [1.29, 1.82) is 0 Å². The van der Waals surface area contributed by atoms with Gasteiger partial charge < -0.3 is 10.6 Å². The maximum absolute atomic E-state index is 14.5. The van der Waals surface area contributed by atoms with Crippen LogP contribution in [0.5, 0.6) is 0 Å². The average molecular weight is 359 g/mol. The Morgan fingerprint density at radius 2 is 2.20 bits per heavy atom. The second kappa shape index (κ2) is 6.85. The van der Waals surface area contributed by atoms with E-state index in [-0.39, 0.29) is 10.8 Å². The van der Waals surface area contributed by atoms with Gasteiger partial charge in [0.15, 0.2) is 5.82 Å². The molecule has 1 saturated heterocycles. The van der Waals surface area contributed by atoms with E-state index in [0.29, 0.717) is 15.7 Å². The van der Waals surface area contributed by atoms with E-state index in [0.717, 1.165) is 31.8 Å². The standard InChI is InChI=1S/C15H20BrFN2S/c1-2-10-4-3-8-19(9-7-10)12-6-5-11(15(18)20)13(16)14(12)17/h5-6,10H,2-4,7-9H2,1H3,(H2,18,20). The number of hydrogen-bond donors (Lipinski definition) is 1. The van der Waals surface area contributed by atoms with Gasteiger partial charge in [0.25, 0.3) is 0 Å². The fourth-order valence-electron chi connectivity index (χ4n) is 2.79. The van der Waals surface area contributed by atoms with Crippen LogP contribution in [0.1, 0.15) is 38.2 Å². The van der Waals surface area contributed by atoms with Gasteiger partial charge in [-0.05, 0) is 53.2 Å². The Kier molecular flexibility index (Phi) is 5.38. The van der Waals surface area contributed by atoms with Crippen molar-refractivity contribution in [3.8, 4) is 0 Å². The zero-order valence-electron chi connectivity index (χ0n) is 11.7. The predicted octanol–water partition coefficient (Wildman–Crippen LogP) is 4.24. The number of nitrogens with zero attached hydrogens (tertiary/aromatic N) is 1. The van der Waals surface area contributed by atoms with Crippen molar-refractivity contribution in [1.82, 2.24) is 0 Å². The highest BCUT2D eigenvalue weighted by Crippen LogP contribution is 2.32. The Morgan fingerprint density at radius 3 is 2.85 bits per heavy atom. The van der Waals surface area contributed by atoms with Crippen molar-refractivity contribution < 1.29 is 4.39 Å². The number of thiocarbonyl (C=S) groups is 1. The highest BCUT2D eigenvalue weighted by Gasteiger charge is 2.21. The minimum atomic E-state index is -0.259. The van der Waals surface area contributed by atoms with Gasteiger partial charge >= 0.3 is 0 Å². The molecule has 1 heterocycles. The van der Waals surface area contributed by atoms with E-state index in [2.05, 4.69) is 27.8 Å². The second-order valence-corrected chi connectivity index (χ2v) is 6.55. The SMILES string of the molecule is CCC1CCCN(c2ccc(C(N)=S)c(Br)c2F)CC1. The molecule has 1 aromatic carbocycles. The summed E-state index contributed by atoms with van der Waals surface area (Å²) in [6.45, 7) is 4.05. The molecule has 1 unspecified atom stereocenters. The van der Waals surface area contributed by atoms with Gasteiger partial charge in [-0.1, -0.05) is 25.6 Å². The maximum Gasteiger partial charge on any atom is 0.161 e. The Labute approximate surface area is 133 Å². The lowest BCUT2D eigenvalue weighted by molar-refractivity contribution is 0.459. The number of hydrogen-bond acceptors (Lipinski definition) is 2. The summed E-state index contributed by atoms with van der Waals surface area (Å²) in [5.74, 6) is 0.507. The highest BCUT2D eigenvalue weighted by atomic mass is 79.9. The van der Waals surface area contributed by atoms with E-state index in [1.807, 2.05) is 0 Å². The molecule has 0 aromatic heterocycles. The first-order chi connectivity index (χ1) is 9.54. The van der Waals surface area contributed by atoms with E-state index in [9.17, 15) is 4.39 Å². The highest BCUT2D eigenvalue weighted by molar-refractivity contribution is 9.10. The Morgan fingerprint density at radius 1 is 1.45 bits per heavy atom. The summed E-state index contributed by atoms with van der Waals surface area (Å²) >= 11 is 8.20. The van der Waals surface area contributed by atoms with Gasteiger partial charge in [-0.15, -0.1) is 0 Å². The van der Waals surface area contributed by atoms with E-state index in [1.165, 1.54) is 12.8 Å². The number of halogens is 2. The van der Waals surface area contributed by atoms with Gasteiger partial charge in [-0.2, -0.15) is 0 Å². The van der Waals surface area contributed by atoms with Gasteiger partial charge in [0.2, 0.25) is 0 Å². The zero-order valence-corrected chi connectivity index (χ0v) is 14.1. The second-order valence-electron chi connectivity index (χ2n) is 5.32. The fraction of sp³-hybridized carbons (Fsp3) is 0.533. The largest absolute Gasteiger partial charge is 0.389 e. The molecule has 1 aromatic rings. The van der Waals surface area contributed by atoms with Gasteiger partial charge in [-0.25, -0.2) is 4.39 Å². The third kappa shape index (κ3) is 3.31. The molecule has 0 bridgehead atoms. The van der Waals surface area contributed by atoms with Gasteiger partial charge in [0, 0.05) is 18.7 Å². The van der Waals surface area contributed by atoms with Crippen LogP contribution in [0, 0.1) is 11.7 Å². The quantitative estimate of drug-likeness (QED) is 0.819. The maximum atomic E-state index is 14.5. The molecule has 0 radical (unpaired) electrons. The molecule has 1 atom stereocenters. The van der Waals surface area contributed by atoms with Crippen molar-refractivity contribution in [3.63, 3.8) is 0 Å². The molecule has 0 saturated carbocycles. The van der Waals surface area contributed by atoms with Crippen LogP contribution in [0.3, 0.4) is 0 Å². The summed E-state index contributed by atoms with van der Waals surface area (Å²) < 4.78 is 14.9. The van der Waals surface area contributed by atoms with E-state index in [4.69, 9.17) is 18.0 Å². The summed E-state index contributed by atoms with van der Waals surface area (Å²) in [7, 11) is 0. The summed E-state index contributed by atoms with van der Waals surface area (Å²) in [6.07, 6.45) is 4.69. The lowest BCUT2D eigenvalue weighted by Gasteiger charge is -2.24. The molecule has 1 aliphatic heterocycles. The molecule has 2 nitrogen and oxygen atoms in total. The van der Waals surface area contributed by atoms with Crippen molar-refractivity contribution in [2.45, 2.75) is 32.6 Å². The number of nitrogens with two attached hydrogens (primary N) is 1. The van der Waals surface area contributed by atoms with Crippen molar-refractivity contribution >= 4 is 38.8 Å². The molecule has 2 rings (SSSR count). The molecular weight excluding hydrogens is 339 g/mol. The lowest BCUT2D eigenvalue weighted by Crippen LogP contribution is -2.25. The number of benzene rings is 1. The van der Waals surface area contributed by atoms with Crippen molar-refractivity contribution in [2.75, 3.05) is 18.0 Å². The van der Waals surface area contributed by atoms with Crippen LogP contribution in [-0.2, 0) is 0 Å². The normalized spacial score (nSPS) is 19.8. The summed E-state index contributed by atoms with van der Waals surface area (Å²) in [6, 6.07) is 3.59. The fourth-order valence-corrected chi connectivity index (χ4v) is 3.64. The third-order valence-electron chi connectivity index (χ3n) is 4.09. The van der Waals surface area contributed by atoms with E-state index < -0.39 is 0 Å². The monoisotopic (exact) mass is 358 g/mol. The summed E-state index contributed by atoms with van der Waals surface area (Å²) in [5.41, 5.74) is 6.80. The minimum Gasteiger partial charge on any atom is -0.389 e. The van der Waals surface area contributed by atoms with Crippen LogP contribution in [0.2, 0.25) is 0 Å². The van der Waals surface area contributed by atoms with Crippen molar-refractivity contribution in [3.05, 3.63) is 28.0 Å². The number of rotatable bonds is 3. The first-order valence-corrected chi connectivity index (χ1v) is 8.27. The van der Waals surface area contributed by atoms with Crippen LogP contribution in [0.25, 0.3) is 0 Å². The predicted molar refractivity (Wildman–Crippen MR) is 89.8 cm³/mol. The van der Waals surface area contributed by atoms with Crippen LogP contribution in [-0.4, -0.2) is 18.1 Å². The molecule has 2 N–H and O–H groups in total. The van der Waals surface area contributed by atoms with Gasteiger partial charge in [0.1, 0.15) is 4.99 Å². The molecule has 5 heteroatoms. The molecule has 110 valence electrons. The Balaban J connectivity index is 2.25. The average Bonchev–Trinajstić information content (AvgIpc) is 2.66. The smallest absolute Gasteiger partial charge is 0.161 e. The molecule has 0 amide bonds. The Hall–Kier alpha value is -0.680. The lowest BCUT2D eigenvalue weighted by atomic mass is 9.98. The third-order valence-corrected chi connectivity index (χ3v) is 5.09. The van der Waals surface area contributed by atoms with Gasteiger partial charge in [0.05, 0.1) is 10.2 Å². The molecule has 1 aliphatic rings. The zero-order chi connectivity index (χ0) is 14.7. The topological polar surface area (TPSA) is 29.3 Å². The number of anilines is 1. The van der Waals surface area contributed by atoms with Crippen LogP contribution in [0.4, 0.5) is 10.1 Å². The molecule has 20 heavy (non-hydrogen) atoms. The van der Waals surface area contributed by atoms with Crippen LogP contribution < -0.4 is 10.6 Å². The van der Waals surface area contributed by atoms with Crippen molar-refractivity contribution in [2.24, 2.45) is 11.7 Å². The van der Waals surface area contributed by atoms with Gasteiger partial charge in [-0.3, -0.25) is 0 Å². The molecule has 0 spiro atoms. The molecular formula is C15H20BrFN2S. The molecule has 0 aliphatic carbocycles. The summed E-state index contributed by atoms with van der Waals surface area (Å²) in [5, 5.41) is 0. The minimum absolute atomic E-state index is 0.212. The van der Waals surface area contributed by atoms with E-state index in [1.54, 1.807) is 12.1 Å². The first kappa shape index (κ1) is 15.7. The first-order valence-electron chi connectivity index (χ1n) is 7.07. The van der Waals surface area contributed by atoms with Crippen LogP contribution >= 0.6 is 28.1 Å².